The molecule has 21 heavy (non-hydrogen) atoms. The fourth-order valence-electron chi connectivity index (χ4n) is 1.90. The molecule has 0 aromatic carbocycles. The first-order valence-electron chi connectivity index (χ1n) is 6.83. The number of aromatic nitrogens is 1. The predicted octanol–water partition coefficient (Wildman–Crippen LogP) is 3.32. The zero-order valence-electron chi connectivity index (χ0n) is 12.5. The normalized spacial score (nSPS) is 11.6. The Morgan fingerprint density at radius 1 is 1.48 bits per heavy atom. The predicted molar refractivity (Wildman–Crippen MR) is 88.0 cm³/mol. The van der Waals surface area contributed by atoms with Gasteiger partial charge in [0.15, 0.2) is 0 Å². The van der Waals surface area contributed by atoms with E-state index in [4.69, 9.17) is 5.11 Å². The lowest BCUT2D eigenvalue weighted by Gasteiger charge is -2.23. The van der Waals surface area contributed by atoms with Crippen LogP contribution in [0.3, 0.4) is 0 Å². The molecule has 2 heterocycles. The van der Waals surface area contributed by atoms with Crippen LogP contribution in [-0.2, 0) is 0 Å². The minimum Gasteiger partial charge on any atom is -0.396 e. The Morgan fingerprint density at radius 3 is 2.86 bits per heavy atom. The number of aliphatic hydroxyl groups excluding tert-OH is 1. The Kier molecular flexibility index (Phi) is 5.13. The number of thiophene rings is 1. The molecule has 0 aliphatic rings. The van der Waals surface area contributed by atoms with Crippen molar-refractivity contribution in [2.45, 2.75) is 27.2 Å². The molecule has 0 aliphatic carbocycles. The third-order valence-electron chi connectivity index (χ3n) is 3.25. The van der Waals surface area contributed by atoms with E-state index in [0.717, 1.165) is 15.6 Å². The number of nitrogens with one attached hydrogen (secondary N) is 1. The molecular weight excluding hydrogens is 304 g/mol. The van der Waals surface area contributed by atoms with Gasteiger partial charge in [-0.3, -0.25) is 4.79 Å². The number of amides is 1. The number of thiazole rings is 1. The maximum Gasteiger partial charge on any atom is 0.263 e. The Balaban J connectivity index is 2.06. The van der Waals surface area contributed by atoms with E-state index in [1.54, 1.807) is 11.3 Å². The molecule has 2 aromatic heterocycles. The average Bonchev–Trinajstić information content (AvgIpc) is 3.05. The van der Waals surface area contributed by atoms with Crippen LogP contribution < -0.4 is 5.32 Å². The molecule has 0 saturated carbocycles. The lowest BCUT2D eigenvalue weighted by Crippen LogP contribution is -2.34. The van der Waals surface area contributed by atoms with Gasteiger partial charge in [0.25, 0.3) is 5.91 Å². The van der Waals surface area contributed by atoms with E-state index in [1.165, 1.54) is 11.3 Å². The standard InChI is InChI=1S/C15H20N2O2S2/c1-10-12(13(19)16-9-15(2,3)6-7-18)21-14(17-10)11-5-4-8-20-11/h4-5,8,18H,6-7,9H2,1-3H3,(H,16,19). The molecule has 0 bridgehead atoms. The number of rotatable bonds is 6. The van der Waals surface area contributed by atoms with Gasteiger partial charge < -0.3 is 10.4 Å². The van der Waals surface area contributed by atoms with Crippen LogP contribution >= 0.6 is 22.7 Å². The van der Waals surface area contributed by atoms with Crippen LogP contribution in [0.5, 0.6) is 0 Å². The maximum atomic E-state index is 12.3. The third-order valence-corrected chi connectivity index (χ3v) is 5.45. The van der Waals surface area contributed by atoms with Gasteiger partial charge in [-0.05, 0) is 30.2 Å². The van der Waals surface area contributed by atoms with Gasteiger partial charge in [0.05, 0.1) is 10.6 Å². The molecule has 0 saturated heterocycles. The molecule has 0 atom stereocenters. The minimum absolute atomic E-state index is 0.0844. The van der Waals surface area contributed by atoms with Gasteiger partial charge in [0, 0.05) is 13.2 Å². The number of carbonyl (C=O) groups excluding carboxylic acids is 1. The van der Waals surface area contributed by atoms with Crippen LogP contribution in [0.2, 0.25) is 0 Å². The molecule has 2 N–H and O–H groups in total. The summed E-state index contributed by atoms with van der Waals surface area (Å²) in [6.45, 7) is 6.59. The van der Waals surface area contributed by atoms with E-state index in [1.807, 2.05) is 38.3 Å². The van der Waals surface area contributed by atoms with Crippen molar-refractivity contribution in [1.82, 2.24) is 10.3 Å². The van der Waals surface area contributed by atoms with Crippen LogP contribution in [0.4, 0.5) is 0 Å². The van der Waals surface area contributed by atoms with E-state index in [0.29, 0.717) is 17.8 Å². The number of aryl methyl sites for hydroxylation is 1. The van der Waals surface area contributed by atoms with Crippen molar-refractivity contribution in [3.8, 4) is 9.88 Å². The second-order valence-electron chi connectivity index (χ2n) is 5.73. The van der Waals surface area contributed by atoms with Crippen LogP contribution in [-0.4, -0.2) is 29.1 Å². The van der Waals surface area contributed by atoms with Gasteiger partial charge in [-0.2, -0.15) is 0 Å². The van der Waals surface area contributed by atoms with Crippen LogP contribution in [0, 0.1) is 12.3 Å². The molecule has 0 spiro atoms. The molecule has 2 aromatic rings. The Hall–Kier alpha value is -1.24. The van der Waals surface area contributed by atoms with Crippen LogP contribution in [0.1, 0.15) is 35.6 Å². The second kappa shape index (κ2) is 6.68. The van der Waals surface area contributed by atoms with E-state index in [-0.39, 0.29) is 17.9 Å². The van der Waals surface area contributed by atoms with Gasteiger partial charge in [0.2, 0.25) is 0 Å². The van der Waals surface area contributed by atoms with Crippen molar-refractivity contribution in [2.24, 2.45) is 5.41 Å². The summed E-state index contributed by atoms with van der Waals surface area (Å²) >= 11 is 3.05. The van der Waals surface area contributed by atoms with Crippen molar-refractivity contribution >= 4 is 28.6 Å². The third kappa shape index (κ3) is 4.12. The molecule has 2 rings (SSSR count). The highest BCUT2D eigenvalue weighted by molar-refractivity contribution is 7.22. The maximum absolute atomic E-state index is 12.3. The summed E-state index contributed by atoms with van der Waals surface area (Å²) in [5, 5.41) is 14.9. The summed E-state index contributed by atoms with van der Waals surface area (Å²) in [5.41, 5.74) is 0.653. The molecule has 0 fully saturated rings. The highest BCUT2D eigenvalue weighted by Crippen LogP contribution is 2.31. The molecular formula is C15H20N2O2S2. The molecule has 0 unspecified atom stereocenters. The number of carbonyl (C=O) groups is 1. The Bertz CT molecular complexity index is 603. The van der Waals surface area contributed by atoms with Crippen molar-refractivity contribution in [1.29, 1.82) is 0 Å². The molecule has 1 amide bonds. The van der Waals surface area contributed by atoms with Gasteiger partial charge in [-0.1, -0.05) is 19.9 Å². The van der Waals surface area contributed by atoms with Crippen LogP contribution in [0.15, 0.2) is 17.5 Å². The SMILES string of the molecule is Cc1nc(-c2cccs2)sc1C(=O)NCC(C)(C)CCO. The van der Waals surface area contributed by atoms with E-state index >= 15 is 0 Å². The van der Waals surface area contributed by atoms with Crippen LogP contribution in [0.25, 0.3) is 9.88 Å². The first-order valence-corrected chi connectivity index (χ1v) is 8.53. The van der Waals surface area contributed by atoms with Crippen molar-refractivity contribution in [2.75, 3.05) is 13.2 Å². The van der Waals surface area contributed by atoms with Crippen molar-refractivity contribution < 1.29 is 9.90 Å². The van der Waals surface area contributed by atoms with Crippen molar-refractivity contribution in [3.05, 3.63) is 28.1 Å². The zero-order valence-corrected chi connectivity index (χ0v) is 14.1. The molecule has 4 nitrogen and oxygen atoms in total. The van der Waals surface area contributed by atoms with E-state index in [2.05, 4.69) is 10.3 Å². The second-order valence-corrected chi connectivity index (χ2v) is 7.68. The van der Waals surface area contributed by atoms with E-state index in [9.17, 15) is 4.79 Å². The largest absolute Gasteiger partial charge is 0.396 e. The Morgan fingerprint density at radius 2 is 2.24 bits per heavy atom. The smallest absolute Gasteiger partial charge is 0.263 e. The Labute approximate surface area is 132 Å². The van der Waals surface area contributed by atoms with E-state index < -0.39 is 0 Å². The first kappa shape index (κ1) is 16.1. The summed E-state index contributed by atoms with van der Waals surface area (Å²) in [6, 6.07) is 3.99. The van der Waals surface area contributed by atoms with Gasteiger partial charge in [-0.25, -0.2) is 4.98 Å². The van der Waals surface area contributed by atoms with Gasteiger partial charge in [0.1, 0.15) is 9.88 Å². The molecule has 0 aliphatic heterocycles. The van der Waals surface area contributed by atoms with Crippen molar-refractivity contribution in [3.63, 3.8) is 0 Å². The zero-order chi connectivity index (χ0) is 15.5. The lowest BCUT2D eigenvalue weighted by atomic mass is 9.90. The highest BCUT2D eigenvalue weighted by Gasteiger charge is 2.21. The molecule has 114 valence electrons. The fraction of sp³-hybridized carbons (Fsp3) is 0.467. The topological polar surface area (TPSA) is 62.2 Å². The average molecular weight is 324 g/mol. The minimum atomic E-state index is -0.112. The number of hydrogen-bond donors (Lipinski definition) is 2. The summed E-state index contributed by atoms with van der Waals surface area (Å²) in [7, 11) is 0. The summed E-state index contributed by atoms with van der Waals surface area (Å²) < 4.78 is 0. The molecule has 0 radical (unpaired) electrons. The first-order chi connectivity index (χ1) is 9.93. The number of hydrogen-bond acceptors (Lipinski definition) is 5. The summed E-state index contributed by atoms with van der Waals surface area (Å²) in [4.78, 5) is 18.5. The monoisotopic (exact) mass is 324 g/mol. The van der Waals surface area contributed by atoms with Gasteiger partial charge >= 0.3 is 0 Å². The summed E-state index contributed by atoms with van der Waals surface area (Å²) in [5.74, 6) is -0.0844. The molecule has 6 heteroatoms. The fourth-order valence-corrected chi connectivity index (χ4v) is 3.68. The number of aliphatic hydroxyl groups is 1. The van der Waals surface area contributed by atoms with Gasteiger partial charge in [-0.15, -0.1) is 22.7 Å². The quantitative estimate of drug-likeness (QED) is 0.857. The number of nitrogens with zero attached hydrogens (tertiary/aromatic N) is 1. The highest BCUT2D eigenvalue weighted by atomic mass is 32.1. The summed E-state index contributed by atoms with van der Waals surface area (Å²) in [6.07, 6.45) is 0.662. The lowest BCUT2D eigenvalue weighted by molar-refractivity contribution is 0.0931.